The lowest BCUT2D eigenvalue weighted by atomic mass is 9.86. The summed E-state index contributed by atoms with van der Waals surface area (Å²) >= 11 is 1.75. The van der Waals surface area contributed by atoms with Gasteiger partial charge in [0, 0.05) is 10.9 Å². The first kappa shape index (κ1) is 16.8. The molecule has 2 aromatic rings. The first-order valence-corrected chi connectivity index (χ1v) is 10.2. The van der Waals surface area contributed by atoms with E-state index in [9.17, 15) is 4.79 Å². The highest BCUT2D eigenvalue weighted by molar-refractivity contribution is 7.18. The largest absolute Gasteiger partial charge is 0.467 e. The first-order chi connectivity index (χ1) is 12.2. The third-order valence-corrected chi connectivity index (χ3v) is 6.71. The van der Waals surface area contributed by atoms with Gasteiger partial charge >= 0.3 is 0 Å². The molecule has 2 aromatic heterocycles. The second-order valence-electron chi connectivity index (χ2n) is 7.29. The third kappa shape index (κ3) is 3.50. The van der Waals surface area contributed by atoms with Crippen molar-refractivity contribution in [3.63, 3.8) is 0 Å². The molecule has 0 bridgehead atoms. The Morgan fingerprint density at radius 2 is 2.08 bits per heavy atom. The molecule has 1 saturated carbocycles. The highest BCUT2D eigenvalue weighted by atomic mass is 32.1. The van der Waals surface area contributed by atoms with Gasteiger partial charge in [0.25, 0.3) is 5.91 Å². The summed E-state index contributed by atoms with van der Waals surface area (Å²) in [5.41, 5.74) is 1.34. The Morgan fingerprint density at radius 3 is 2.96 bits per heavy atom. The van der Waals surface area contributed by atoms with E-state index in [4.69, 9.17) is 4.74 Å². The van der Waals surface area contributed by atoms with Gasteiger partial charge in [-0.05, 0) is 50.0 Å². The fraction of sp³-hybridized carbons (Fsp3) is 0.632. The van der Waals surface area contributed by atoms with E-state index in [0.29, 0.717) is 11.8 Å². The minimum atomic E-state index is -0.0467. The van der Waals surface area contributed by atoms with E-state index in [2.05, 4.69) is 22.2 Å². The standard InChI is InChI=1S/C19H25N3O2S/c1-12-6-2-4-8-14(12)22-16(23)10-24-18-17-13-7-3-5-9-15(13)25-19(17)21-11-20-18/h11-12,14H,2-10H2,1H3,(H,22,23)/t12-,14-/m0/s1. The summed E-state index contributed by atoms with van der Waals surface area (Å²) in [5.74, 6) is 1.07. The summed E-state index contributed by atoms with van der Waals surface area (Å²) in [6, 6.07) is 0.282. The van der Waals surface area contributed by atoms with Gasteiger partial charge in [-0.25, -0.2) is 9.97 Å². The van der Waals surface area contributed by atoms with E-state index in [1.165, 1.54) is 42.5 Å². The van der Waals surface area contributed by atoms with Gasteiger partial charge in [0.15, 0.2) is 6.61 Å². The van der Waals surface area contributed by atoms with Crippen LogP contribution in [0.4, 0.5) is 0 Å². The topological polar surface area (TPSA) is 64.1 Å². The van der Waals surface area contributed by atoms with Crippen LogP contribution in [-0.4, -0.2) is 28.5 Å². The molecule has 0 unspecified atom stereocenters. The van der Waals surface area contributed by atoms with E-state index in [0.717, 1.165) is 29.5 Å². The van der Waals surface area contributed by atoms with Gasteiger partial charge in [-0.3, -0.25) is 4.79 Å². The number of thiophene rings is 1. The number of amides is 1. The van der Waals surface area contributed by atoms with E-state index >= 15 is 0 Å². The molecule has 134 valence electrons. The minimum absolute atomic E-state index is 0.0277. The maximum Gasteiger partial charge on any atom is 0.258 e. The summed E-state index contributed by atoms with van der Waals surface area (Å²) in [4.78, 5) is 23.4. The van der Waals surface area contributed by atoms with Crippen LogP contribution in [-0.2, 0) is 17.6 Å². The molecule has 1 fully saturated rings. The maximum absolute atomic E-state index is 12.3. The van der Waals surface area contributed by atoms with Crippen LogP contribution in [0.3, 0.4) is 0 Å². The van der Waals surface area contributed by atoms with Gasteiger partial charge in [0.05, 0.1) is 5.39 Å². The smallest absolute Gasteiger partial charge is 0.258 e. The molecular formula is C19H25N3O2S. The van der Waals surface area contributed by atoms with Gasteiger partial charge in [-0.1, -0.05) is 19.8 Å². The van der Waals surface area contributed by atoms with Crippen molar-refractivity contribution in [1.82, 2.24) is 15.3 Å². The monoisotopic (exact) mass is 359 g/mol. The normalized spacial score (nSPS) is 23.2. The predicted octanol–water partition coefficient (Wildman–Crippen LogP) is 3.64. The second-order valence-corrected chi connectivity index (χ2v) is 8.38. The summed E-state index contributed by atoms with van der Waals surface area (Å²) in [7, 11) is 0. The van der Waals surface area contributed by atoms with Gasteiger partial charge in [-0.2, -0.15) is 0 Å². The van der Waals surface area contributed by atoms with Gasteiger partial charge in [0.2, 0.25) is 5.88 Å². The molecule has 1 N–H and O–H groups in total. The number of aryl methyl sites for hydroxylation is 2. The number of nitrogens with zero attached hydrogens (tertiary/aromatic N) is 2. The molecule has 0 aromatic carbocycles. The van der Waals surface area contributed by atoms with Crippen molar-refractivity contribution in [3.8, 4) is 5.88 Å². The molecular weight excluding hydrogens is 334 g/mol. The van der Waals surface area contributed by atoms with Crippen LogP contribution in [0.15, 0.2) is 6.33 Å². The number of hydrogen-bond acceptors (Lipinski definition) is 5. The SMILES string of the molecule is C[C@H]1CCCC[C@@H]1NC(=O)COc1ncnc2sc3c(c12)CCCC3. The quantitative estimate of drug-likeness (QED) is 0.905. The number of carbonyl (C=O) groups is 1. The molecule has 0 spiro atoms. The van der Waals surface area contributed by atoms with E-state index in [-0.39, 0.29) is 18.6 Å². The molecule has 2 aliphatic carbocycles. The van der Waals surface area contributed by atoms with Crippen LogP contribution < -0.4 is 10.1 Å². The Balaban J connectivity index is 1.46. The lowest BCUT2D eigenvalue weighted by Crippen LogP contribution is -2.43. The number of carbonyl (C=O) groups excluding carboxylic acids is 1. The van der Waals surface area contributed by atoms with Crippen LogP contribution in [0.25, 0.3) is 10.2 Å². The zero-order chi connectivity index (χ0) is 17.2. The number of aromatic nitrogens is 2. The average molecular weight is 359 g/mol. The number of ether oxygens (including phenoxy) is 1. The lowest BCUT2D eigenvalue weighted by molar-refractivity contribution is -0.124. The number of hydrogen-bond donors (Lipinski definition) is 1. The number of nitrogens with one attached hydrogen (secondary N) is 1. The van der Waals surface area contributed by atoms with Crippen molar-refractivity contribution < 1.29 is 9.53 Å². The van der Waals surface area contributed by atoms with Crippen molar-refractivity contribution in [2.24, 2.45) is 5.92 Å². The first-order valence-electron chi connectivity index (χ1n) is 9.40. The third-order valence-electron chi connectivity index (χ3n) is 5.51. The van der Waals surface area contributed by atoms with Gasteiger partial charge in [-0.15, -0.1) is 11.3 Å². The Bertz CT molecular complexity index is 773. The molecule has 25 heavy (non-hydrogen) atoms. The number of rotatable bonds is 4. The molecule has 5 nitrogen and oxygen atoms in total. The highest BCUT2D eigenvalue weighted by Crippen LogP contribution is 2.38. The van der Waals surface area contributed by atoms with Gasteiger partial charge < -0.3 is 10.1 Å². The molecule has 1 amide bonds. The molecule has 4 rings (SSSR count). The fourth-order valence-corrected chi connectivity index (χ4v) is 5.30. The van der Waals surface area contributed by atoms with Crippen molar-refractivity contribution >= 4 is 27.5 Å². The Morgan fingerprint density at radius 1 is 1.24 bits per heavy atom. The Hall–Kier alpha value is -1.69. The zero-order valence-corrected chi connectivity index (χ0v) is 15.5. The molecule has 2 atom stereocenters. The van der Waals surface area contributed by atoms with Gasteiger partial charge in [0.1, 0.15) is 11.2 Å². The molecule has 0 aliphatic heterocycles. The van der Waals surface area contributed by atoms with E-state index in [1.807, 2.05) is 0 Å². The van der Waals surface area contributed by atoms with Crippen LogP contribution in [0.1, 0.15) is 55.9 Å². The van der Waals surface area contributed by atoms with E-state index in [1.54, 1.807) is 17.7 Å². The summed E-state index contributed by atoms with van der Waals surface area (Å²) in [6.07, 6.45) is 10.9. The maximum atomic E-state index is 12.3. The van der Waals surface area contributed by atoms with Crippen LogP contribution in [0.2, 0.25) is 0 Å². The van der Waals surface area contributed by atoms with Crippen molar-refractivity contribution in [2.45, 2.75) is 64.3 Å². The fourth-order valence-electron chi connectivity index (χ4n) is 4.08. The summed E-state index contributed by atoms with van der Waals surface area (Å²) < 4.78 is 5.83. The van der Waals surface area contributed by atoms with E-state index < -0.39 is 0 Å². The average Bonchev–Trinajstić information content (AvgIpc) is 3.01. The van der Waals surface area contributed by atoms with Crippen molar-refractivity contribution in [1.29, 1.82) is 0 Å². The van der Waals surface area contributed by atoms with Crippen LogP contribution in [0, 0.1) is 5.92 Å². The van der Waals surface area contributed by atoms with Crippen molar-refractivity contribution in [3.05, 3.63) is 16.8 Å². The lowest BCUT2D eigenvalue weighted by Gasteiger charge is -2.29. The zero-order valence-electron chi connectivity index (χ0n) is 14.7. The molecule has 6 heteroatoms. The minimum Gasteiger partial charge on any atom is -0.467 e. The van der Waals surface area contributed by atoms with Crippen LogP contribution >= 0.6 is 11.3 Å². The second kappa shape index (κ2) is 7.28. The predicted molar refractivity (Wildman–Crippen MR) is 99.1 cm³/mol. The van der Waals surface area contributed by atoms with Crippen LogP contribution in [0.5, 0.6) is 5.88 Å². The highest BCUT2D eigenvalue weighted by Gasteiger charge is 2.24. The molecule has 0 radical (unpaired) electrons. The number of fused-ring (bicyclic) bond motifs is 3. The molecule has 0 saturated heterocycles. The Labute approximate surface area is 152 Å². The Kier molecular flexibility index (Phi) is 4.88. The molecule has 2 heterocycles. The molecule has 2 aliphatic rings. The summed E-state index contributed by atoms with van der Waals surface area (Å²) in [6.45, 7) is 2.25. The summed E-state index contributed by atoms with van der Waals surface area (Å²) in [5, 5.41) is 4.17. The van der Waals surface area contributed by atoms with Crippen molar-refractivity contribution in [2.75, 3.05) is 6.61 Å².